The third-order valence-electron chi connectivity index (χ3n) is 3.23. The van der Waals surface area contributed by atoms with Crippen LogP contribution in [0.15, 0.2) is 35.1 Å². The summed E-state index contributed by atoms with van der Waals surface area (Å²) < 4.78 is 2.90. The van der Waals surface area contributed by atoms with E-state index in [9.17, 15) is 0 Å². The molecule has 0 bridgehead atoms. The molecule has 2 aromatic rings. The number of halogens is 1. The molecule has 104 valence electrons. The molecule has 0 aliphatic rings. The molecule has 0 fully saturated rings. The van der Waals surface area contributed by atoms with E-state index in [2.05, 4.69) is 40.2 Å². The van der Waals surface area contributed by atoms with Crippen LogP contribution in [0.1, 0.15) is 38.2 Å². The van der Waals surface area contributed by atoms with Crippen LogP contribution in [-0.2, 0) is 6.54 Å². The Bertz CT molecular complexity index is 610. The fourth-order valence-electron chi connectivity index (χ4n) is 2.16. The number of aryl methyl sites for hydroxylation is 1. The van der Waals surface area contributed by atoms with Crippen LogP contribution in [0.4, 0.5) is 0 Å². The minimum Gasteiger partial charge on any atom is -0.272 e. The number of hydrogen-bond acceptors (Lipinski definition) is 2. The second-order valence-electron chi connectivity index (χ2n) is 4.89. The van der Waals surface area contributed by atoms with E-state index in [1.165, 1.54) is 19.3 Å². The third-order valence-corrected chi connectivity index (χ3v) is 3.69. The van der Waals surface area contributed by atoms with E-state index in [4.69, 9.17) is 5.26 Å². The van der Waals surface area contributed by atoms with Gasteiger partial charge in [0.15, 0.2) is 0 Å². The standard InChI is InChI=1S/C16H18BrN3/c1-2-3-4-5-6-20-12-15(11-19-20)14-7-13(10-18)8-16(17)9-14/h7-9,11-12H,2-6H2,1H3. The molecule has 0 atom stereocenters. The molecule has 20 heavy (non-hydrogen) atoms. The van der Waals surface area contributed by atoms with Crippen LogP contribution in [0.25, 0.3) is 11.1 Å². The maximum atomic E-state index is 9.01. The summed E-state index contributed by atoms with van der Waals surface area (Å²) in [5.41, 5.74) is 2.74. The quantitative estimate of drug-likeness (QED) is 0.715. The van der Waals surface area contributed by atoms with E-state index in [1.54, 1.807) is 0 Å². The Balaban J connectivity index is 2.08. The van der Waals surface area contributed by atoms with Crippen LogP contribution in [0.2, 0.25) is 0 Å². The zero-order valence-corrected chi connectivity index (χ0v) is 13.2. The lowest BCUT2D eigenvalue weighted by molar-refractivity contribution is 0.541. The highest BCUT2D eigenvalue weighted by atomic mass is 79.9. The predicted octanol–water partition coefficient (Wildman–Crippen LogP) is 4.76. The molecule has 1 aromatic carbocycles. The average Bonchev–Trinajstić information content (AvgIpc) is 2.92. The Morgan fingerprint density at radius 2 is 2.05 bits per heavy atom. The lowest BCUT2D eigenvalue weighted by Crippen LogP contribution is -1.97. The highest BCUT2D eigenvalue weighted by molar-refractivity contribution is 9.10. The zero-order chi connectivity index (χ0) is 14.4. The van der Waals surface area contributed by atoms with Crippen LogP contribution in [0.3, 0.4) is 0 Å². The van der Waals surface area contributed by atoms with Crippen molar-refractivity contribution in [3.8, 4) is 17.2 Å². The molecule has 3 nitrogen and oxygen atoms in total. The van der Waals surface area contributed by atoms with Gasteiger partial charge < -0.3 is 0 Å². The topological polar surface area (TPSA) is 41.6 Å². The van der Waals surface area contributed by atoms with Crippen molar-refractivity contribution in [2.24, 2.45) is 0 Å². The van der Waals surface area contributed by atoms with Crippen molar-refractivity contribution in [3.05, 3.63) is 40.6 Å². The third kappa shape index (κ3) is 3.94. The monoisotopic (exact) mass is 331 g/mol. The Labute approximate surface area is 128 Å². The summed E-state index contributed by atoms with van der Waals surface area (Å²) in [6.07, 6.45) is 8.86. The minimum absolute atomic E-state index is 0.657. The second-order valence-corrected chi connectivity index (χ2v) is 5.81. The molecule has 0 saturated heterocycles. The number of hydrogen-bond donors (Lipinski definition) is 0. The number of unbranched alkanes of at least 4 members (excludes halogenated alkanes) is 3. The van der Waals surface area contributed by atoms with Gasteiger partial charge in [0.2, 0.25) is 0 Å². The van der Waals surface area contributed by atoms with Crippen LogP contribution in [-0.4, -0.2) is 9.78 Å². The van der Waals surface area contributed by atoms with Gasteiger partial charge in [0.05, 0.1) is 17.8 Å². The van der Waals surface area contributed by atoms with Crippen molar-refractivity contribution in [1.82, 2.24) is 9.78 Å². The summed E-state index contributed by atoms with van der Waals surface area (Å²) in [4.78, 5) is 0. The SMILES string of the molecule is CCCCCCn1cc(-c2cc(Br)cc(C#N)c2)cn1. The largest absolute Gasteiger partial charge is 0.272 e. The molecular formula is C16H18BrN3. The molecule has 4 heteroatoms. The van der Waals surface area contributed by atoms with E-state index >= 15 is 0 Å². The summed E-state index contributed by atoms with van der Waals surface area (Å²) in [5.74, 6) is 0. The Morgan fingerprint density at radius 3 is 2.80 bits per heavy atom. The maximum absolute atomic E-state index is 9.01. The van der Waals surface area contributed by atoms with Gasteiger partial charge in [0.1, 0.15) is 0 Å². The molecule has 0 saturated carbocycles. The fraction of sp³-hybridized carbons (Fsp3) is 0.375. The van der Waals surface area contributed by atoms with E-state index < -0.39 is 0 Å². The van der Waals surface area contributed by atoms with Gasteiger partial charge in [-0.15, -0.1) is 0 Å². The normalized spacial score (nSPS) is 10.4. The van der Waals surface area contributed by atoms with Crippen LogP contribution >= 0.6 is 15.9 Å². The van der Waals surface area contributed by atoms with Gasteiger partial charge in [-0.2, -0.15) is 10.4 Å². The second kappa shape index (κ2) is 7.25. The van der Waals surface area contributed by atoms with Crippen molar-refractivity contribution < 1.29 is 0 Å². The highest BCUT2D eigenvalue weighted by Gasteiger charge is 2.05. The number of nitriles is 1. The van der Waals surface area contributed by atoms with Crippen molar-refractivity contribution in [1.29, 1.82) is 5.26 Å². The fourth-order valence-corrected chi connectivity index (χ4v) is 2.65. The van der Waals surface area contributed by atoms with Crippen molar-refractivity contribution in [2.75, 3.05) is 0 Å². The van der Waals surface area contributed by atoms with Gasteiger partial charge in [0, 0.05) is 22.8 Å². The molecule has 0 radical (unpaired) electrons. The first-order chi connectivity index (χ1) is 9.72. The Morgan fingerprint density at radius 1 is 1.20 bits per heavy atom. The van der Waals surface area contributed by atoms with Crippen molar-refractivity contribution >= 4 is 15.9 Å². The van der Waals surface area contributed by atoms with Crippen LogP contribution in [0.5, 0.6) is 0 Å². The molecule has 0 unspecified atom stereocenters. The highest BCUT2D eigenvalue weighted by Crippen LogP contribution is 2.24. The number of nitrogens with zero attached hydrogens (tertiary/aromatic N) is 3. The summed E-state index contributed by atoms with van der Waals surface area (Å²) in [6.45, 7) is 3.17. The molecule has 2 rings (SSSR count). The lowest BCUT2D eigenvalue weighted by Gasteiger charge is -2.01. The molecule has 0 aliphatic carbocycles. The number of aromatic nitrogens is 2. The summed E-state index contributed by atoms with van der Waals surface area (Å²) in [6, 6.07) is 7.90. The Hall–Kier alpha value is -1.60. The van der Waals surface area contributed by atoms with Crippen molar-refractivity contribution in [3.63, 3.8) is 0 Å². The summed E-state index contributed by atoms with van der Waals surface area (Å²) in [5, 5.41) is 13.4. The summed E-state index contributed by atoms with van der Waals surface area (Å²) in [7, 11) is 0. The van der Waals surface area contributed by atoms with Gasteiger partial charge in [-0.25, -0.2) is 0 Å². The molecule has 0 spiro atoms. The summed E-state index contributed by atoms with van der Waals surface area (Å²) >= 11 is 3.44. The van der Waals surface area contributed by atoms with Crippen LogP contribution in [0, 0.1) is 11.3 Å². The first-order valence-electron chi connectivity index (χ1n) is 6.96. The smallest absolute Gasteiger partial charge is 0.0992 e. The van der Waals surface area contributed by atoms with Gasteiger partial charge in [-0.05, 0) is 30.2 Å². The van der Waals surface area contributed by atoms with E-state index in [-0.39, 0.29) is 0 Å². The van der Waals surface area contributed by atoms with Crippen molar-refractivity contribution in [2.45, 2.75) is 39.2 Å². The van der Waals surface area contributed by atoms with Gasteiger partial charge >= 0.3 is 0 Å². The number of rotatable bonds is 6. The minimum atomic E-state index is 0.657. The van der Waals surface area contributed by atoms with Gasteiger partial charge in [0.25, 0.3) is 0 Å². The van der Waals surface area contributed by atoms with E-state index in [0.717, 1.165) is 28.6 Å². The Kier molecular flexibility index (Phi) is 5.37. The van der Waals surface area contributed by atoms with E-state index in [1.807, 2.05) is 29.1 Å². The predicted molar refractivity (Wildman–Crippen MR) is 84.2 cm³/mol. The molecule has 1 aromatic heterocycles. The lowest BCUT2D eigenvalue weighted by atomic mass is 10.1. The average molecular weight is 332 g/mol. The molecule has 0 N–H and O–H groups in total. The van der Waals surface area contributed by atoms with Gasteiger partial charge in [-0.3, -0.25) is 4.68 Å². The molecule has 0 amide bonds. The molecule has 1 heterocycles. The van der Waals surface area contributed by atoms with Crippen LogP contribution < -0.4 is 0 Å². The number of benzene rings is 1. The first kappa shape index (κ1) is 14.8. The maximum Gasteiger partial charge on any atom is 0.0992 e. The molecule has 0 aliphatic heterocycles. The van der Waals surface area contributed by atoms with Gasteiger partial charge in [-0.1, -0.05) is 42.1 Å². The molecular weight excluding hydrogens is 314 g/mol. The van der Waals surface area contributed by atoms with E-state index in [0.29, 0.717) is 5.56 Å². The first-order valence-corrected chi connectivity index (χ1v) is 7.75. The zero-order valence-electron chi connectivity index (χ0n) is 11.6.